The molecule has 2 aromatic carbocycles. The molecule has 0 aliphatic rings. The second-order valence-corrected chi connectivity index (χ2v) is 6.07. The second kappa shape index (κ2) is 7.27. The summed E-state index contributed by atoms with van der Waals surface area (Å²) in [6, 6.07) is 14.7. The maximum atomic E-state index is 6.14. The van der Waals surface area contributed by atoms with Crippen LogP contribution in [0.5, 0.6) is 11.5 Å². The molecule has 0 heterocycles. The molecule has 0 bridgehead atoms. The fourth-order valence-corrected chi connectivity index (χ4v) is 2.23. The molecule has 0 amide bonds. The summed E-state index contributed by atoms with van der Waals surface area (Å²) in [4.78, 5) is 0. The van der Waals surface area contributed by atoms with Gasteiger partial charge >= 0.3 is 0 Å². The molecule has 0 aliphatic heterocycles. The summed E-state index contributed by atoms with van der Waals surface area (Å²) in [5.41, 5.74) is 12.8. The summed E-state index contributed by atoms with van der Waals surface area (Å²) in [6.07, 6.45) is 1.49. The summed E-state index contributed by atoms with van der Waals surface area (Å²) in [7, 11) is 0. The Balaban J connectivity index is 2.23. The molecule has 2 rings (SSSR count). The van der Waals surface area contributed by atoms with Crippen LogP contribution in [0.2, 0.25) is 0 Å². The number of anilines is 2. The van der Waals surface area contributed by atoms with E-state index in [-0.39, 0.29) is 5.41 Å². The van der Waals surface area contributed by atoms with Crippen LogP contribution in [0.15, 0.2) is 48.5 Å². The van der Waals surface area contributed by atoms with Crippen molar-refractivity contribution in [3.63, 3.8) is 0 Å². The van der Waals surface area contributed by atoms with E-state index in [0.717, 1.165) is 24.3 Å². The van der Waals surface area contributed by atoms with Crippen LogP contribution in [0.25, 0.3) is 0 Å². The molecule has 0 radical (unpaired) electrons. The standard InChI is InChI=1S/C19H26N2O2/c1-4-19(3,5-2)18(22-16-10-6-14(20)7-11-16)23-17-12-8-15(21)9-13-17/h6-13,18H,4-5,20-21H2,1-3H3. The van der Waals surface area contributed by atoms with Gasteiger partial charge in [-0.1, -0.05) is 20.8 Å². The Bertz CT molecular complexity index is 557. The Hall–Kier alpha value is -2.36. The molecular formula is C19H26N2O2. The van der Waals surface area contributed by atoms with Gasteiger partial charge in [0.15, 0.2) is 0 Å². The Morgan fingerprint density at radius 1 is 0.783 bits per heavy atom. The molecule has 0 aromatic heterocycles. The normalized spacial score (nSPS) is 11.5. The molecule has 4 heteroatoms. The minimum atomic E-state index is -0.398. The van der Waals surface area contributed by atoms with E-state index in [2.05, 4.69) is 20.8 Å². The highest BCUT2D eigenvalue weighted by molar-refractivity contribution is 5.42. The molecule has 0 atom stereocenters. The summed E-state index contributed by atoms with van der Waals surface area (Å²) < 4.78 is 12.3. The molecule has 0 aliphatic carbocycles. The molecule has 124 valence electrons. The first-order valence-electron chi connectivity index (χ1n) is 8.01. The maximum Gasteiger partial charge on any atom is 0.246 e. The third kappa shape index (κ3) is 4.31. The number of benzene rings is 2. The van der Waals surface area contributed by atoms with Gasteiger partial charge in [-0.05, 0) is 61.4 Å². The van der Waals surface area contributed by atoms with Crippen LogP contribution in [0.1, 0.15) is 33.6 Å². The zero-order valence-electron chi connectivity index (χ0n) is 14.1. The first-order chi connectivity index (χ1) is 11.0. The molecule has 0 unspecified atom stereocenters. The first-order valence-corrected chi connectivity index (χ1v) is 8.01. The van der Waals surface area contributed by atoms with Crippen LogP contribution >= 0.6 is 0 Å². The van der Waals surface area contributed by atoms with E-state index in [0.29, 0.717) is 11.4 Å². The largest absolute Gasteiger partial charge is 0.454 e. The Morgan fingerprint density at radius 3 is 1.43 bits per heavy atom. The van der Waals surface area contributed by atoms with Crippen molar-refractivity contribution in [2.75, 3.05) is 11.5 Å². The van der Waals surface area contributed by atoms with Gasteiger partial charge in [-0.3, -0.25) is 0 Å². The van der Waals surface area contributed by atoms with E-state index < -0.39 is 6.29 Å². The van der Waals surface area contributed by atoms with Gasteiger partial charge in [-0.2, -0.15) is 0 Å². The minimum Gasteiger partial charge on any atom is -0.454 e. The lowest BCUT2D eigenvalue weighted by atomic mass is 9.84. The van der Waals surface area contributed by atoms with Crippen LogP contribution in [0.3, 0.4) is 0 Å². The van der Waals surface area contributed by atoms with Gasteiger partial charge in [-0.15, -0.1) is 0 Å². The fraction of sp³-hybridized carbons (Fsp3) is 0.368. The average molecular weight is 314 g/mol. The zero-order chi connectivity index (χ0) is 16.9. The van der Waals surface area contributed by atoms with Gasteiger partial charge in [0.2, 0.25) is 6.29 Å². The van der Waals surface area contributed by atoms with Crippen molar-refractivity contribution in [2.45, 2.75) is 39.9 Å². The third-order valence-electron chi connectivity index (χ3n) is 4.43. The molecule has 0 fully saturated rings. The predicted molar refractivity (Wildman–Crippen MR) is 95.4 cm³/mol. The quantitative estimate of drug-likeness (QED) is 0.584. The van der Waals surface area contributed by atoms with Crippen LogP contribution in [0, 0.1) is 5.41 Å². The van der Waals surface area contributed by atoms with E-state index in [4.69, 9.17) is 20.9 Å². The molecule has 0 spiro atoms. The predicted octanol–water partition coefficient (Wildman–Crippen LogP) is 4.46. The smallest absolute Gasteiger partial charge is 0.246 e. The zero-order valence-corrected chi connectivity index (χ0v) is 14.1. The van der Waals surface area contributed by atoms with E-state index >= 15 is 0 Å². The monoisotopic (exact) mass is 314 g/mol. The van der Waals surface area contributed by atoms with Crippen LogP contribution in [0.4, 0.5) is 11.4 Å². The van der Waals surface area contributed by atoms with Gasteiger partial charge in [0.25, 0.3) is 0 Å². The average Bonchev–Trinajstić information content (AvgIpc) is 2.57. The van der Waals surface area contributed by atoms with E-state index in [1.807, 2.05) is 48.5 Å². The highest BCUT2D eigenvalue weighted by Crippen LogP contribution is 2.34. The summed E-state index contributed by atoms with van der Waals surface area (Å²) in [5, 5.41) is 0. The van der Waals surface area contributed by atoms with Crippen molar-refractivity contribution < 1.29 is 9.47 Å². The third-order valence-corrected chi connectivity index (χ3v) is 4.43. The van der Waals surface area contributed by atoms with Crippen molar-refractivity contribution >= 4 is 11.4 Å². The Kier molecular flexibility index (Phi) is 5.37. The summed E-state index contributed by atoms with van der Waals surface area (Å²) in [6.45, 7) is 6.47. The van der Waals surface area contributed by atoms with Crippen molar-refractivity contribution in [3.8, 4) is 11.5 Å². The topological polar surface area (TPSA) is 70.5 Å². The van der Waals surface area contributed by atoms with Gasteiger partial charge in [0, 0.05) is 16.8 Å². The highest BCUT2D eigenvalue weighted by atomic mass is 16.7. The van der Waals surface area contributed by atoms with Gasteiger partial charge in [-0.25, -0.2) is 0 Å². The number of nitrogen functional groups attached to an aromatic ring is 2. The van der Waals surface area contributed by atoms with E-state index in [1.54, 1.807) is 0 Å². The van der Waals surface area contributed by atoms with Crippen LogP contribution in [-0.2, 0) is 0 Å². The summed E-state index contributed by atoms with van der Waals surface area (Å²) >= 11 is 0. The van der Waals surface area contributed by atoms with Crippen molar-refractivity contribution in [1.82, 2.24) is 0 Å². The van der Waals surface area contributed by atoms with Gasteiger partial charge < -0.3 is 20.9 Å². The first kappa shape index (κ1) is 17.0. The number of rotatable bonds is 7. The molecule has 0 saturated heterocycles. The number of ether oxygens (including phenoxy) is 2. The van der Waals surface area contributed by atoms with Crippen molar-refractivity contribution in [2.24, 2.45) is 5.41 Å². The lowest BCUT2D eigenvalue weighted by Gasteiger charge is -2.36. The van der Waals surface area contributed by atoms with Crippen LogP contribution in [-0.4, -0.2) is 6.29 Å². The summed E-state index contributed by atoms with van der Waals surface area (Å²) in [5.74, 6) is 1.49. The number of nitrogens with two attached hydrogens (primary N) is 2. The molecular weight excluding hydrogens is 288 g/mol. The van der Waals surface area contributed by atoms with E-state index in [9.17, 15) is 0 Å². The Morgan fingerprint density at radius 2 is 1.13 bits per heavy atom. The molecule has 23 heavy (non-hydrogen) atoms. The lowest BCUT2D eigenvalue weighted by molar-refractivity contribution is -0.0921. The van der Waals surface area contributed by atoms with Crippen molar-refractivity contribution in [3.05, 3.63) is 48.5 Å². The number of hydrogen-bond donors (Lipinski definition) is 2. The molecule has 4 nitrogen and oxygen atoms in total. The highest BCUT2D eigenvalue weighted by Gasteiger charge is 2.35. The minimum absolute atomic E-state index is 0.108. The SMILES string of the molecule is CCC(C)(CC)C(Oc1ccc(N)cc1)Oc1ccc(N)cc1. The van der Waals surface area contributed by atoms with Crippen molar-refractivity contribution in [1.29, 1.82) is 0 Å². The molecule has 2 aromatic rings. The van der Waals surface area contributed by atoms with E-state index in [1.165, 1.54) is 0 Å². The van der Waals surface area contributed by atoms with Gasteiger partial charge in [0.1, 0.15) is 11.5 Å². The van der Waals surface area contributed by atoms with Gasteiger partial charge in [0.05, 0.1) is 0 Å². The Labute approximate surface area is 138 Å². The van der Waals surface area contributed by atoms with Crippen LogP contribution < -0.4 is 20.9 Å². The maximum absolute atomic E-state index is 6.14. The second-order valence-electron chi connectivity index (χ2n) is 6.07. The number of hydrogen-bond acceptors (Lipinski definition) is 4. The molecule has 4 N–H and O–H groups in total. The lowest BCUT2D eigenvalue weighted by Crippen LogP contribution is -2.40. The molecule has 0 saturated carbocycles. The fourth-order valence-electron chi connectivity index (χ4n) is 2.23.